The molecule has 0 spiro atoms. The maximum absolute atomic E-state index is 12.4. The first kappa shape index (κ1) is 23.7. The summed E-state index contributed by atoms with van der Waals surface area (Å²) in [6.07, 6.45) is -4.80. The van der Waals surface area contributed by atoms with Crippen molar-refractivity contribution in [1.82, 2.24) is 19.7 Å². The van der Waals surface area contributed by atoms with Crippen LogP contribution in [-0.4, -0.2) is 90.1 Å². The average molecular weight is 473 g/mol. The van der Waals surface area contributed by atoms with Gasteiger partial charge in [-0.3, -0.25) is 19.3 Å². The van der Waals surface area contributed by atoms with Crippen LogP contribution >= 0.6 is 11.3 Å². The van der Waals surface area contributed by atoms with Gasteiger partial charge in [0.15, 0.2) is 5.13 Å². The number of amides is 3. The fraction of sp³-hybridized carbons (Fsp3) is 0.474. The number of benzene rings is 1. The van der Waals surface area contributed by atoms with E-state index in [0.29, 0.717) is 36.4 Å². The van der Waals surface area contributed by atoms with Crippen molar-refractivity contribution in [2.24, 2.45) is 0 Å². The van der Waals surface area contributed by atoms with Crippen molar-refractivity contribution in [3.8, 4) is 5.75 Å². The Balaban J connectivity index is 1.50. The predicted octanol–water partition coefficient (Wildman–Crippen LogP) is 1.76. The lowest BCUT2D eigenvalue weighted by Crippen LogP contribution is -2.51. The Morgan fingerprint density at radius 2 is 1.91 bits per heavy atom. The van der Waals surface area contributed by atoms with Gasteiger partial charge in [-0.1, -0.05) is 11.3 Å². The van der Waals surface area contributed by atoms with Gasteiger partial charge in [-0.2, -0.15) is 0 Å². The lowest BCUT2D eigenvalue weighted by Gasteiger charge is -2.34. The molecule has 2 aromatic rings. The summed E-state index contributed by atoms with van der Waals surface area (Å²) in [5.41, 5.74) is 0.411. The van der Waals surface area contributed by atoms with Gasteiger partial charge in [0.2, 0.25) is 17.7 Å². The van der Waals surface area contributed by atoms with E-state index in [2.05, 4.69) is 15.0 Å². The number of carbonyl (C=O) groups is 3. The molecule has 9 nitrogen and oxygen atoms in total. The molecule has 0 aliphatic carbocycles. The number of thiazole rings is 1. The number of aromatic nitrogens is 1. The molecule has 0 radical (unpaired) electrons. The Hall–Kier alpha value is -2.93. The van der Waals surface area contributed by atoms with Gasteiger partial charge in [0, 0.05) is 46.2 Å². The fourth-order valence-electron chi connectivity index (χ4n) is 3.15. The minimum Gasteiger partial charge on any atom is -0.406 e. The minimum absolute atomic E-state index is 0.00344. The largest absolute Gasteiger partial charge is 0.573 e. The highest BCUT2D eigenvalue weighted by atomic mass is 32.1. The molecule has 1 aromatic carbocycles. The van der Waals surface area contributed by atoms with Crippen molar-refractivity contribution in [3.63, 3.8) is 0 Å². The Morgan fingerprint density at radius 3 is 2.53 bits per heavy atom. The molecule has 32 heavy (non-hydrogen) atoms. The molecule has 3 rings (SSSR count). The summed E-state index contributed by atoms with van der Waals surface area (Å²) >= 11 is 0.998. The topological polar surface area (TPSA) is 95.1 Å². The van der Waals surface area contributed by atoms with Crippen molar-refractivity contribution < 1.29 is 32.3 Å². The van der Waals surface area contributed by atoms with Crippen molar-refractivity contribution in [3.05, 3.63) is 18.2 Å². The van der Waals surface area contributed by atoms with Crippen molar-refractivity contribution in [2.75, 3.05) is 51.6 Å². The molecule has 1 aromatic heterocycles. The number of rotatable bonds is 6. The zero-order valence-corrected chi connectivity index (χ0v) is 18.3. The third kappa shape index (κ3) is 6.53. The molecule has 0 unspecified atom stereocenters. The van der Waals surface area contributed by atoms with E-state index in [1.807, 2.05) is 4.90 Å². The van der Waals surface area contributed by atoms with Gasteiger partial charge in [0.1, 0.15) is 5.75 Å². The van der Waals surface area contributed by atoms with Crippen LogP contribution in [0.25, 0.3) is 10.2 Å². The van der Waals surface area contributed by atoms with Gasteiger partial charge in [0.05, 0.1) is 23.3 Å². The number of fused-ring (bicyclic) bond motifs is 1. The first-order chi connectivity index (χ1) is 15.0. The lowest BCUT2D eigenvalue weighted by atomic mass is 10.3. The van der Waals surface area contributed by atoms with E-state index in [1.54, 1.807) is 4.90 Å². The van der Waals surface area contributed by atoms with Gasteiger partial charge >= 0.3 is 6.36 Å². The summed E-state index contributed by atoms with van der Waals surface area (Å²) in [7, 11) is 1.51. The van der Waals surface area contributed by atoms with E-state index >= 15 is 0 Å². The van der Waals surface area contributed by atoms with E-state index in [1.165, 1.54) is 31.0 Å². The van der Waals surface area contributed by atoms with Crippen LogP contribution in [0.3, 0.4) is 0 Å². The molecule has 1 aliphatic heterocycles. The van der Waals surface area contributed by atoms with Crippen LogP contribution in [0.4, 0.5) is 18.3 Å². The number of ether oxygens (including phenoxy) is 1. The van der Waals surface area contributed by atoms with E-state index in [-0.39, 0.29) is 35.8 Å². The predicted molar refractivity (Wildman–Crippen MR) is 111 cm³/mol. The van der Waals surface area contributed by atoms with E-state index in [4.69, 9.17) is 0 Å². The zero-order chi connectivity index (χ0) is 23.5. The normalized spacial score (nSPS) is 15.0. The maximum Gasteiger partial charge on any atom is 0.573 e. The Labute approximate surface area is 185 Å². The molecule has 0 atom stereocenters. The summed E-state index contributed by atoms with van der Waals surface area (Å²) in [6.45, 7) is 3.71. The number of anilines is 1. The van der Waals surface area contributed by atoms with Crippen LogP contribution in [-0.2, 0) is 14.4 Å². The highest BCUT2D eigenvalue weighted by Gasteiger charge is 2.31. The number of carbonyl (C=O) groups excluding carboxylic acids is 3. The minimum atomic E-state index is -4.80. The number of halogens is 3. The second-order valence-corrected chi connectivity index (χ2v) is 8.31. The van der Waals surface area contributed by atoms with E-state index < -0.39 is 12.3 Å². The molecule has 0 bridgehead atoms. The standard InChI is InChI=1S/C19H22F3N5O4S/c1-12(28)27-7-5-26(6-8-27)11-17(30)25(2)10-16(29)24-18-23-14-4-3-13(9-15(14)32-18)31-19(20,21)22/h3-4,9H,5-8,10-11H2,1-2H3,(H,23,24,29). The molecule has 2 heterocycles. The molecule has 1 N–H and O–H groups in total. The molecule has 0 saturated carbocycles. The van der Waals surface area contributed by atoms with Crippen LogP contribution in [0, 0.1) is 0 Å². The van der Waals surface area contributed by atoms with Gasteiger partial charge in [-0.25, -0.2) is 4.98 Å². The van der Waals surface area contributed by atoms with Crippen LogP contribution in [0.15, 0.2) is 18.2 Å². The molecule has 1 saturated heterocycles. The Bertz CT molecular complexity index is 1000. The zero-order valence-electron chi connectivity index (χ0n) is 17.4. The molecule has 13 heteroatoms. The first-order valence-electron chi connectivity index (χ1n) is 9.68. The van der Waals surface area contributed by atoms with Crippen molar-refractivity contribution in [1.29, 1.82) is 0 Å². The summed E-state index contributed by atoms with van der Waals surface area (Å²) in [4.78, 5) is 45.2. The summed E-state index contributed by atoms with van der Waals surface area (Å²) in [6, 6.07) is 3.70. The highest BCUT2D eigenvalue weighted by molar-refractivity contribution is 7.22. The highest BCUT2D eigenvalue weighted by Crippen LogP contribution is 2.31. The van der Waals surface area contributed by atoms with E-state index in [9.17, 15) is 27.6 Å². The molecular weight excluding hydrogens is 451 g/mol. The number of nitrogens with one attached hydrogen (secondary N) is 1. The molecule has 1 aliphatic rings. The van der Waals surface area contributed by atoms with Crippen LogP contribution in [0.2, 0.25) is 0 Å². The van der Waals surface area contributed by atoms with Crippen LogP contribution < -0.4 is 10.1 Å². The van der Waals surface area contributed by atoms with Crippen molar-refractivity contribution in [2.45, 2.75) is 13.3 Å². The Morgan fingerprint density at radius 1 is 1.22 bits per heavy atom. The lowest BCUT2D eigenvalue weighted by molar-refractivity contribution is -0.274. The average Bonchev–Trinajstić information content (AvgIpc) is 3.08. The smallest absolute Gasteiger partial charge is 0.406 e. The summed E-state index contributed by atoms with van der Waals surface area (Å²) < 4.78 is 41.4. The fourth-order valence-corrected chi connectivity index (χ4v) is 4.06. The van der Waals surface area contributed by atoms with Gasteiger partial charge < -0.3 is 19.9 Å². The van der Waals surface area contributed by atoms with Crippen molar-refractivity contribution >= 4 is 44.4 Å². The van der Waals surface area contributed by atoms with E-state index in [0.717, 1.165) is 17.4 Å². The SMILES string of the molecule is CC(=O)N1CCN(CC(=O)N(C)CC(=O)Nc2nc3ccc(OC(F)(F)F)cc3s2)CC1. The number of alkyl halides is 3. The number of nitrogens with zero attached hydrogens (tertiary/aromatic N) is 4. The number of hydrogen-bond donors (Lipinski definition) is 1. The number of piperazine rings is 1. The van der Waals surface area contributed by atoms with Crippen LogP contribution in [0.1, 0.15) is 6.92 Å². The third-order valence-corrected chi connectivity index (χ3v) is 5.76. The molecular formula is C19H22F3N5O4S. The summed E-state index contributed by atoms with van der Waals surface area (Å²) in [5, 5.41) is 2.76. The van der Waals surface area contributed by atoms with Gasteiger partial charge in [0.25, 0.3) is 0 Å². The second kappa shape index (κ2) is 9.69. The molecule has 1 fully saturated rings. The molecule has 3 amide bonds. The van der Waals surface area contributed by atoms with Gasteiger partial charge in [-0.15, -0.1) is 13.2 Å². The monoisotopic (exact) mass is 473 g/mol. The number of hydrogen-bond acceptors (Lipinski definition) is 7. The van der Waals surface area contributed by atoms with Gasteiger partial charge in [-0.05, 0) is 12.1 Å². The molecule has 174 valence electrons. The van der Waals surface area contributed by atoms with Crippen LogP contribution in [0.5, 0.6) is 5.75 Å². The number of likely N-dealkylation sites (N-methyl/N-ethyl adjacent to an activating group) is 1. The maximum atomic E-state index is 12.4. The first-order valence-corrected chi connectivity index (χ1v) is 10.5. The summed E-state index contributed by atoms with van der Waals surface area (Å²) in [5.74, 6) is -1.09. The quantitative estimate of drug-likeness (QED) is 0.687. The Kier molecular flexibility index (Phi) is 7.19. The second-order valence-electron chi connectivity index (χ2n) is 7.28. The third-order valence-electron chi connectivity index (χ3n) is 4.82.